The lowest BCUT2D eigenvalue weighted by atomic mass is 10.0. The molecule has 1 aromatic rings. The van der Waals surface area contributed by atoms with Gasteiger partial charge in [-0.25, -0.2) is 13.1 Å². The van der Waals surface area contributed by atoms with Gasteiger partial charge in [0.2, 0.25) is 10.0 Å². The van der Waals surface area contributed by atoms with Crippen molar-refractivity contribution in [2.75, 3.05) is 18.8 Å². The minimum atomic E-state index is -3.13. The van der Waals surface area contributed by atoms with Gasteiger partial charge in [-0.3, -0.25) is 0 Å². The zero-order chi connectivity index (χ0) is 14.6. The van der Waals surface area contributed by atoms with Crippen LogP contribution in [-0.4, -0.2) is 27.3 Å². The van der Waals surface area contributed by atoms with Gasteiger partial charge in [0.05, 0.1) is 5.75 Å². The van der Waals surface area contributed by atoms with Crippen LogP contribution < -0.4 is 10.0 Å². The summed E-state index contributed by atoms with van der Waals surface area (Å²) in [6.45, 7) is 4.78. The van der Waals surface area contributed by atoms with Crippen LogP contribution in [0.5, 0.6) is 0 Å². The lowest BCUT2D eigenvalue weighted by molar-refractivity contribution is 0.564. The first kappa shape index (κ1) is 15.5. The maximum Gasteiger partial charge on any atom is 0.212 e. The smallest absolute Gasteiger partial charge is 0.212 e. The molecule has 1 unspecified atom stereocenters. The Hall–Kier alpha value is -0.910. The molecule has 0 heterocycles. The lowest BCUT2D eigenvalue weighted by Gasteiger charge is -2.15. The van der Waals surface area contributed by atoms with Crippen molar-refractivity contribution in [3.8, 4) is 0 Å². The summed E-state index contributed by atoms with van der Waals surface area (Å²) in [5.41, 5.74) is 4.17. The van der Waals surface area contributed by atoms with E-state index in [-0.39, 0.29) is 11.8 Å². The molecule has 0 bridgehead atoms. The molecule has 1 atom stereocenters. The predicted octanol–water partition coefficient (Wildman–Crippen LogP) is 1.77. The molecule has 1 aliphatic carbocycles. The van der Waals surface area contributed by atoms with Crippen molar-refractivity contribution in [2.24, 2.45) is 0 Å². The third kappa shape index (κ3) is 4.04. The van der Waals surface area contributed by atoms with Crippen molar-refractivity contribution in [1.29, 1.82) is 0 Å². The molecule has 2 rings (SSSR count). The van der Waals surface area contributed by atoms with E-state index in [0.717, 1.165) is 0 Å². The van der Waals surface area contributed by atoms with Crippen LogP contribution in [0.15, 0.2) is 18.2 Å². The number of fused-ring (bicyclic) bond motifs is 1. The van der Waals surface area contributed by atoms with Crippen molar-refractivity contribution < 1.29 is 8.42 Å². The highest BCUT2D eigenvalue weighted by atomic mass is 32.2. The van der Waals surface area contributed by atoms with Crippen molar-refractivity contribution in [2.45, 2.75) is 39.2 Å². The van der Waals surface area contributed by atoms with Crippen molar-refractivity contribution in [3.05, 3.63) is 34.9 Å². The minimum absolute atomic E-state index is 0.121. The van der Waals surface area contributed by atoms with Gasteiger partial charge < -0.3 is 5.32 Å². The van der Waals surface area contributed by atoms with Gasteiger partial charge in [-0.2, -0.15) is 0 Å². The molecular formula is C15H24N2O2S. The van der Waals surface area contributed by atoms with Crippen molar-refractivity contribution >= 4 is 10.0 Å². The Kier molecular flexibility index (Phi) is 5.18. The highest BCUT2D eigenvalue weighted by Gasteiger charge is 2.14. The Morgan fingerprint density at radius 3 is 2.75 bits per heavy atom. The van der Waals surface area contributed by atoms with E-state index in [1.54, 1.807) is 6.92 Å². The van der Waals surface area contributed by atoms with Gasteiger partial charge in [0, 0.05) is 19.1 Å². The van der Waals surface area contributed by atoms with Crippen molar-refractivity contribution in [3.63, 3.8) is 0 Å². The van der Waals surface area contributed by atoms with E-state index in [0.29, 0.717) is 13.1 Å². The normalized spacial score (nSPS) is 16.1. The van der Waals surface area contributed by atoms with Gasteiger partial charge in [0.15, 0.2) is 0 Å². The van der Waals surface area contributed by atoms with Gasteiger partial charge in [-0.1, -0.05) is 25.1 Å². The molecule has 0 amide bonds. The zero-order valence-electron chi connectivity index (χ0n) is 12.3. The zero-order valence-corrected chi connectivity index (χ0v) is 13.1. The summed E-state index contributed by atoms with van der Waals surface area (Å²) in [4.78, 5) is 0. The molecule has 20 heavy (non-hydrogen) atoms. The fourth-order valence-electron chi connectivity index (χ4n) is 2.68. The molecule has 0 radical (unpaired) electrons. The second-order valence-electron chi connectivity index (χ2n) is 5.37. The number of sulfonamides is 1. The summed E-state index contributed by atoms with van der Waals surface area (Å²) in [5.74, 6) is 0.121. The van der Waals surface area contributed by atoms with Crippen LogP contribution in [0.2, 0.25) is 0 Å². The van der Waals surface area contributed by atoms with E-state index in [9.17, 15) is 8.42 Å². The van der Waals surface area contributed by atoms with E-state index in [4.69, 9.17) is 0 Å². The monoisotopic (exact) mass is 296 g/mol. The predicted molar refractivity (Wildman–Crippen MR) is 82.3 cm³/mol. The molecule has 5 heteroatoms. The molecule has 0 saturated heterocycles. The lowest BCUT2D eigenvalue weighted by Crippen LogP contribution is -2.32. The molecule has 4 nitrogen and oxygen atoms in total. The van der Waals surface area contributed by atoms with Crippen molar-refractivity contribution in [1.82, 2.24) is 10.0 Å². The molecule has 0 spiro atoms. The van der Waals surface area contributed by atoms with Crippen LogP contribution >= 0.6 is 0 Å². The Balaban J connectivity index is 1.87. The molecule has 0 saturated carbocycles. The summed E-state index contributed by atoms with van der Waals surface area (Å²) in [5, 5.41) is 3.29. The van der Waals surface area contributed by atoms with Gasteiger partial charge in [0.1, 0.15) is 0 Å². The van der Waals surface area contributed by atoms with E-state index in [1.807, 2.05) is 0 Å². The Labute approximate surface area is 122 Å². The number of nitrogens with one attached hydrogen (secondary N) is 2. The third-order valence-electron chi connectivity index (χ3n) is 3.81. The fourth-order valence-corrected chi connectivity index (χ4v) is 3.65. The Morgan fingerprint density at radius 2 is 2.00 bits per heavy atom. The van der Waals surface area contributed by atoms with E-state index in [1.165, 1.54) is 36.0 Å². The Bertz CT molecular complexity index is 555. The summed E-state index contributed by atoms with van der Waals surface area (Å²) < 4.78 is 25.6. The minimum Gasteiger partial charge on any atom is -0.309 e. The van der Waals surface area contributed by atoms with Gasteiger partial charge >= 0.3 is 0 Å². The molecule has 0 aromatic heterocycles. The van der Waals surface area contributed by atoms with E-state index >= 15 is 0 Å². The van der Waals surface area contributed by atoms with Crippen LogP contribution in [0.25, 0.3) is 0 Å². The number of benzene rings is 1. The first-order chi connectivity index (χ1) is 9.52. The molecule has 1 aliphatic rings. The quantitative estimate of drug-likeness (QED) is 0.806. The van der Waals surface area contributed by atoms with Crippen LogP contribution in [-0.2, 0) is 22.9 Å². The maximum absolute atomic E-state index is 11.6. The molecule has 112 valence electrons. The summed E-state index contributed by atoms with van der Waals surface area (Å²) in [6.07, 6.45) is 3.62. The first-order valence-corrected chi connectivity index (χ1v) is 8.99. The molecule has 0 aliphatic heterocycles. The second-order valence-corrected chi connectivity index (χ2v) is 7.30. The largest absolute Gasteiger partial charge is 0.309 e. The fraction of sp³-hybridized carbons (Fsp3) is 0.600. The highest BCUT2D eigenvalue weighted by molar-refractivity contribution is 7.89. The third-order valence-corrected chi connectivity index (χ3v) is 5.28. The van der Waals surface area contributed by atoms with Gasteiger partial charge in [0.25, 0.3) is 0 Å². The highest BCUT2D eigenvalue weighted by Crippen LogP contribution is 2.25. The van der Waals surface area contributed by atoms with E-state index < -0.39 is 10.0 Å². The second kappa shape index (κ2) is 6.70. The standard InChI is InChI=1S/C15H24N2O2S/c1-3-17-20(18,19)10-9-16-12(2)14-8-7-13-5-4-6-15(13)11-14/h7-8,11-12,16-17H,3-6,9-10H2,1-2H3. The van der Waals surface area contributed by atoms with Crippen LogP contribution in [0.4, 0.5) is 0 Å². The summed E-state index contributed by atoms with van der Waals surface area (Å²) in [7, 11) is -3.13. The molecular weight excluding hydrogens is 272 g/mol. The van der Waals surface area contributed by atoms with Crippen LogP contribution in [0.1, 0.15) is 43.0 Å². The number of hydrogen-bond acceptors (Lipinski definition) is 3. The average Bonchev–Trinajstić information content (AvgIpc) is 2.85. The summed E-state index contributed by atoms with van der Waals surface area (Å²) >= 11 is 0. The molecule has 1 aromatic carbocycles. The summed E-state index contributed by atoms with van der Waals surface area (Å²) in [6, 6.07) is 6.81. The van der Waals surface area contributed by atoms with Crippen LogP contribution in [0.3, 0.4) is 0 Å². The van der Waals surface area contributed by atoms with Gasteiger partial charge in [-0.05, 0) is 42.9 Å². The number of aryl methyl sites for hydroxylation is 2. The average molecular weight is 296 g/mol. The number of hydrogen-bond donors (Lipinski definition) is 2. The SMILES string of the molecule is CCNS(=O)(=O)CCNC(C)c1ccc2c(c1)CCC2. The molecule has 2 N–H and O–H groups in total. The van der Waals surface area contributed by atoms with E-state index in [2.05, 4.69) is 35.2 Å². The number of rotatable bonds is 7. The molecule has 0 fully saturated rings. The maximum atomic E-state index is 11.6. The first-order valence-electron chi connectivity index (χ1n) is 7.34. The van der Waals surface area contributed by atoms with Crippen LogP contribution in [0, 0.1) is 0 Å². The Morgan fingerprint density at radius 1 is 1.25 bits per heavy atom. The van der Waals surface area contributed by atoms with Gasteiger partial charge in [-0.15, -0.1) is 0 Å². The topological polar surface area (TPSA) is 58.2 Å².